The van der Waals surface area contributed by atoms with Gasteiger partial charge in [0.25, 0.3) is 0 Å². The first-order valence-corrected chi connectivity index (χ1v) is 13.5. The normalized spacial score (nSPS) is 14.5. The van der Waals surface area contributed by atoms with Crippen LogP contribution < -0.4 is 14.8 Å². The lowest BCUT2D eigenvalue weighted by Crippen LogP contribution is -2.43. The van der Waals surface area contributed by atoms with Gasteiger partial charge in [0.15, 0.2) is 11.5 Å². The summed E-state index contributed by atoms with van der Waals surface area (Å²) in [6.07, 6.45) is 6.78. The van der Waals surface area contributed by atoms with Crippen LogP contribution in [0.2, 0.25) is 5.02 Å². The summed E-state index contributed by atoms with van der Waals surface area (Å²) in [5, 5.41) is 12.6. The van der Waals surface area contributed by atoms with E-state index in [1.54, 1.807) is 26.4 Å². The monoisotopic (exact) mass is 530 g/mol. The predicted molar refractivity (Wildman–Crippen MR) is 146 cm³/mol. The zero-order valence-electron chi connectivity index (χ0n) is 22.1. The van der Waals surface area contributed by atoms with E-state index in [2.05, 4.69) is 23.2 Å². The number of methoxy groups -OCH3 is 2. The molecule has 8 heteroatoms. The fourth-order valence-electron chi connectivity index (χ4n) is 5.04. The zero-order chi connectivity index (χ0) is 26.8. The van der Waals surface area contributed by atoms with E-state index in [1.165, 1.54) is 17.2 Å². The Morgan fingerprint density at radius 3 is 2.65 bits per heavy atom. The summed E-state index contributed by atoms with van der Waals surface area (Å²) in [5.74, 6) is 1.70. The molecular formula is C29H39ClN2O5. The van der Waals surface area contributed by atoms with Gasteiger partial charge in [0.1, 0.15) is 5.75 Å². The van der Waals surface area contributed by atoms with Crippen LogP contribution in [0.5, 0.6) is 17.2 Å². The van der Waals surface area contributed by atoms with Crippen LogP contribution in [0.3, 0.4) is 0 Å². The van der Waals surface area contributed by atoms with Crippen LogP contribution in [-0.2, 0) is 28.9 Å². The van der Waals surface area contributed by atoms with Gasteiger partial charge in [-0.1, -0.05) is 37.1 Å². The van der Waals surface area contributed by atoms with E-state index in [9.17, 15) is 14.7 Å². The summed E-state index contributed by atoms with van der Waals surface area (Å²) >= 11 is 5.90. The Kier molecular flexibility index (Phi) is 10.9. The van der Waals surface area contributed by atoms with Crippen molar-refractivity contribution < 1.29 is 24.2 Å². The number of hydrogen-bond acceptors (Lipinski definition) is 5. The molecule has 2 aromatic rings. The van der Waals surface area contributed by atoms with Crippen molar-refractivity contribution in [2.45, 2.75) is 70.8 Å². The highest BCUT2D eigenvalue weighted by Gasteiger charge is 2.29. The summed E-state index contributed by atoms with van der Waals surface area (Å²) in [6, 6.07) is 9.02. The van der Waals surface area contributed by atoms with Gasteiger partial charge in [0.2, 0.25) is 11.8 Å². The molecule has 0 aliphatic heterocycles. The number of phenolic OH excluding ortho intramolecular Hbond substituents is 1. The molecule has 0 spiro atoms. The van der Waals surface area contributed by atoms with Gasteiger partial charge in [-0.3, -0.25) is 9.59 Å². The summed E-state index contributed by atoms with van der Waals surface area (Å²) in [5.41, 5.74) is 3.18. The molecule has 0 bridgehead atoms. The molecule has 3 rings (SSSR count). The van der Waals surface area contributed by atoms with Crippen LogP contribution in [0.25, 0.3) is 0 Å². The van der Waals surface area contributed by atoms with Gasteiger partial charge >= 0.3 is 0 Å². The molecule has 0 radical (unpaired) electrons. The molecule has 0 saturated carbocycles. The maximum atomic E-state index is 13.1. The van der Waals surface area contributed by atoms with Crippen molar-refractivity contribution >= 4 is 23.4 Å². The lowest BCUT2D eigenvalue weighted by Gasteiger charge is -2.36. The molecule has 1 unspecified atom stereocenters. The molecule has 1 aliphatic carbocycles. The van der Waals surface area contributed by atoms with E-state index >= 15 is 0 Å². The van der Waals surface area contributed by atoms with Crippen molar-refractivity contribution in [3.05, 3.63) is 52.0 Å². The number of carbonyl (C=O) groups excluding carboxylic acids is 2. The number of ether oxygens (including phenoxy) is 2. The van der Waals surface area contributed by atoms with Gasteiger partial charge in [-0.25, -0.2) is 0 Å². The molecule has 37 heavy (non-hydrogen) atoms. The number of amides is 2. The van der Waals surface area contributed by atoms with Gasteiger partial charge in [-0.15, -0.1) is 0 Å². The number of unbranched alkanes of at least 4 members (excludes halogenated alkanes) is 2. The first-order valence-electron chi connectivity index (χ1n) is 13.1. The number of phenols is 1. The number of nitrogens with one attached hydrogen (secondary N) is 1. The Morgan fingerprint density at radius 1 is 1.14 bits per heavy atom. The van der Waals surface area contributed by atoms with E-state index in [0.29, 0.717) is 13.0 Å². The summed E-state index contributed by atoms with van der Waals surface area (Å²) in [6.45, 7) is 3.45. The lowest BCUT2D eigenvalue weighted by atomic mass is 9.86. The van der Waals surface area contributed by atoms with Crippen LogP contribution in [-0.4, -0.2) is 55.2 Å². The second-order valence-electron chi connectivity index (χ2n) is 9.55. The Hall–Kier alpha value is -2.93. The van der Waals surface area contributed by atoms with Crippen LogP contribution >= 0.6 is 11.6 Å². The smallest absolute Gasteiger partial charge is 0.224 e. The van der Waals surface area contributed by atoms with E-state index in [4.69, 9.17) is 21.1 Å². The lowest BCUT2D eigenvalue weighted by molar-refractivity contribution is -0.134. The maximum Gasteiger partial charge on any atom is 0.224 e. The van der Waals surface area contributed by atoms with Crippen molar-refractivity contribution in [3.8, 4) is 17.2 Å². The molecule has 0 heterocycles. The molecule has 0 aromatic heterocycles. The third-order valence-corrected chi connectivity index (χ3v) is 7.22. The van der Waals surface area contributed by atoms with Gasteiger partial charge in [-0.05, 0) is 67.9 Å². The van der Waals surface area contributed by atoms with Gasteiger partial charge in [0, 0.05) is 31.1 Å². The summed E-state index contributed by atoms with van der Waals surface area (Å²) in [7, 11) is 3.33. The summed E-state index contributed by atoms with van der Waals surface area (Å²) < 4.78 is 11.1. The number of hydrogen-bond donors (Lipinski definition) is 2. The predicted octanol–water partition coefficient (Wildman–Crippen LogP) is 5.08. The van der Waals surface area contributed by atoms with E-state index in [-0.39, 0.29) is 35.0 Å². The molecule has 7 nitrogen and oxygen atoms in total. The Labute approximate surface area is 225 Å². The Balaban J connectivity index is 1.42. The molecular weight excluding hydrogens is 492 g/mol. The van der Waals surface area contributed by atoms with Crippen molar-refractivity contribution in [1.82, 2.24) is 10.2 Å². The minimum atomic E-state index is -0.0845. The number of aromatic hydroxyl groups is 1. The highest BCUT2D eigenvalue weighted by atomic mass is 35.5. The largest absolute Gasteiger partial charge is 0.506 e. The zero-order valence-corrected chi connectivity index (χ0v) is 22.9. The maximum absolute atomic E-state index is 13.1. The number of rotatable bonds is 13. The van der Waals surface area contributed by atoms with Gasteiger partial charge in [-0.2, -0.15) is 0 Å². The highest BCUT2D eigenvalue weighted by molar-refractivity contribution is 6.32. The minimum absolute atomic E-state index is 0.00655. The standard InChI is InChI=1S/C29H39ClN2O5/c1-4-16-32(22-11-12-23-21(19-22)10-14-26(36-2)29(23)37-3)28(35)8-6-5-7-15-31-27(34)18-20-9-13-25(33)24(30)17-20/h9-10,13-14,17,22,33H,4-8,11-12,15-16,18-19H2,1-3H3,(H,31,34). The second kappa shape index (κ2) is 14.1. The topological polar surface area (TPSA) is 88.1 Å². The van der Waals surface area contributed by atoms with Crippen LogP contribution in [0.4, 0.5) is 0 Å². The molecule has 0 fully saturated rings. The van der Waals surface area contributed by atoms with Crippen molar-refractivity contribution in [2.24, 2.45) is 0 Å². The molecule has 1 atom stereocenters. The van der Waals surface area contributed by atoms with E-state index in [1.807, 2.05) is 6.07 Å². The Bertz CT molecular complexity index is 1070. The van der Waals surface area contributed by atoms with Crippen molar-refractivity contribution in [1.29, 1.82) is 0 Å². The van der Waals surface area contributed by atoms with Gasteiger partial charge < -0.3 is 24.8 Å². The first kappa shape index (κ1) is 28.6. The fraction of sp³-hybridized carbons (Fsp3) is 0.517. The quantitative estimate of drug-likeness (QED) is 0.353. The van der Waals surface area contributed by atoms with E-state index in [0.717, 1.165) is 68.6 Å². The van der Waals surface area contributed by atoms with Crippen LogP contribution in [0.1, 0.15) is 62.1 Å². The Morgan fingerprint density at radius 2 is 1.95 bits per heavy atom. The summed E-state index contributed by atoms with van der Waals surface area (Å²) in [4.78, 5) is 27.4. The molecule has 0 saturated heterocycles. The highest BCUT2D eigenvalue weighted by Crippen LogP contribution is 2.38. The minimum Gasteiger partial charge on any atom is -0.506 e. The number of fused-ring (bicyclic) bond motifs is 1. The fourth-order valence-corrected chi connectivity index (χ4v) is 5.24. The molecule has 2 aromatic carbocycles. The molecule has 1 aliphatic rings. The third-order valence-electron chi connectivity index (χ3n) is 6.92. The number of nitrogens with zero attached hydrogens (tertiary/aromatic N) is 1. The average molecular weight is 531 g/mol. The first-order chi connectivity index (χ1) is 17.9. The average Bonchev–Trinajstić information content (AvgIpc) is 2.90. The number of carbonyl (C=O) groups is 2. The van der Waals surface area contributed by atoms with E-state index < -0.39 is 0 Å². The molecule has 202 valence electrons. The third kappa shape index (κ3) is 7.78. The number of benzene rings is 2. The molecule has 2 N–H and O–H groups in total. The van der Waals surface area contributed by atoms with Crippen LogP contribution in [0.15, 0.2) is 30.3 Å². The second-order valence-corrected chi connectivity index (χ2v) is 9.95. The van der Waals surface area contributed by atoms with Crippen LogP contribution in [0, 0.1) is 0 Å². The number of halogens is 1. The molecule has 2 amide bonds. The van der Waals surface area contributed by atoms with Gasteiger partial charge in [0.05, 0.1) is 25.7 Å². The SMILES string of the molecule is CCCN(C(=O)CCCCCNC(=O)Cc1ccc(O)c(Cl)c1)C1CCc2c(ccc(OC)c2OC)C1. The van der Waals surface area contributed by atoms with Crippen molar-refractivity contribution in [3.63, 3.8) is 0 Å². The van der Waals surface area contributed by atoms with Crippen molar-refractivity contribution in [2.75, 3.05) is 27.3 Å².